The van der Waals surface area contributed by atoms with Crippen LogP contribution in [0.4, 0.5) is 21.9 Å². The highest BCUT2D eigenvalue weighted by atomic mass is 16.2. The Labute approximate surface area is 165 Å². The van der Waals surface area contributed by atoms with Gasteiger partial charge in [0.1, 0.15) is 0 Å². The second-order valence-electron chi connectivity index (χ2n) is 7.16. The molecule has 3 amide bonds. The highest BCUT2D eigenvalue weighted by Crippen LogP contribution is 2.21. The monoisotopic (exact) mass is 381 g/mol. The number of urea groups is 1. The number of amides is 3. The molecule has 2 N–H and O–H groups in total. The zero-order valence-electron chi connectivity index (χ0n) is 16.6. The van der Waals surface area contributed by atoms with Gasteiger partial charge in [0, 0.05) is 51.6 Å². The van der Waals surface area contributed by atoms with Gasteiger partial charge in [-0.25, -0.2) is 4.79 Å². The number of hydrogen-bond acceptors (Lipinski definition) is 4. The zero-order valence-corrected chi connectivity index (χ0v) is 16.6. The normalized spacial score (nSPS) is 14.5. The van der Waals surface area contributed by atoms with E-state index in [2.05, 4.69) is 27.5 Å². The van der Waals surface area contributed by atoms with E-state index in [1.165, 1.54) is 4.90 Å². The van der Waals surface area contributed by atoms with Crippen LogP contribution in [0.15, 0.2) is 48.5 Å². The van der Waals surface area contributed by atoms with Gasteiger partial charge in [0.25, 0.3) is 5.91 Å². The van der Waals surface area contributed by atoms with E-state index in [1.54, 1.807) is 38.4 Å². The molecule has 0 unspecified atom stereocenters. The first-order valence-corrected chi connectivity index (χ1v) is 9.36. The average Bonchev–Trinajstić information content (AvgIpc) is 2.69. The number of piperazine rings is 1. The first-order valence-electron chi connectivity index (χ1n) is 9.36. The number of para-hydroxylation sites is 1. The van der Waals surface area contributed by atoms with E-state index in [1.807, 2.05) is 24.3 Å². The standard InChI is InChI=1S/C21H27N5O2/c1-24(2)21(28)23-19-7-5-4-6-18(19)20(27)22-16-8-10-17(11-9-16)26-14-12-25(3)13-15-26/h4-11H,12-15H2,1-3H3,(H,22,27)(H,23,28). The lowest BCUT2D eigenvalue weighted by Crippen LogP contribution is -2.44. The molecule has 0 atom stereocenters. The van der Waals surface area contributed by atoms with Gasteiger partial charge in [0.15, 0.2) is 0 Å². The number of likely N-dealkylation sites (N-methyl/N-ethyl adjacent to an activating group) is 1. The molecule has 0 aromatic heterocycles. The lowest BCUT2D eigenvalue weighted by atomic mass is 10.1. The maximum Gasteiger partial charge on any atom is 0.321 e. The summed E-state index contributed by atoms with van der Waals surface area (Å²) in [5.41, 5.74) is 2.77. The summed E-state index contributed by atoms with van der Waals surface area (Å²) in [5, 5.41) is 5.66. The first-order chi connectivity index (χ1) is 13.4. The van der Waals surface area contributed by atoms with Crippen molar-refractivity contribution in [1.82, 2.24) is 9.80 Å². The highest BCUT2D eigenvalue weighted by molar-refractivity contribution is 6.10. The first kappa shape index (κ1) is 19.7. The summed E-state index contributed by atoms with van der Waals surface area (Å²) in [7, 11) is 5.44. The number of hydrogen-bond donors (Lipinski definition) is 2. The molecule has 0 spiro atoms. The van der Waals surface area contributed by atoms with Crippen molar-refractivity contribution in [2.75, 3.05) is 62.9 Å². The Balaban J connectivity index is 1.67. The molecule has 0 bridgehead atoms. The van der Waals surface area contributed by atoms with Crippen molar-refractivity contribution in [3.63, 3.8) is 0 Å². The summed E-state index contributed by atoms with van der Waals surface area (Å²) in [6.07, 6.45) is 0. The molecule has 148 valence electrons. The van der Waals surface area contributed by atoms with Gasteiger partial charge in [-0.15, -0.1) is 0 Å². The number of carbonyl (C=O) groups is 2. The summed E-state index contributed by atoms with van der Waals surface area (Å²) in [6, 6.07) is 14.6. The van der Waals surface area contributed by atoms with E-state index in [4.69, 9.17) is 0 Å². The predicted octanol–water partition coefficient (Wildman–Crippen LogP) is 2.78. The minimum atomic E-state index is -0.281. The third-order valence-corrected chi connectivity index (χ3v) is 4.81. The molecule has 1 aliphatic rings. The third kappa shape index (κ3) is 4.80. The van der Waals surface area contributed by atoms with Crippen LogP contribution < -0.4 is 15.5 Å². The van der Waals surface area contributed by atoms with Crippen LogP contribution in [0.25, 0.3) is 0 Å². The number of anilines is 3. The van der Waals surface area contributed by atoms with Crippen molar-refractivity contribution in [3.05, 3.63) is 54.1 Å². The molecule has 2 aromatic rings. The summed E-state index contributed by atoms with van der Waals surface area (Å²) in [4.78, 5) is 30.7. The largest absolute Gasteiger partial charge is 0.369 e. The Bertz CT molecular complexity index is 827. The van der Waals surface area contributed by atoms with Crippen LogP contribution in [-0.2, 0) is 0 Å². The Morgan fingerprint density at radius 3 is 2.18 bits per heavy atom. The summed E-state index contributed by atoms with van der Waals surface area (Å²) in [5.74, 6) is -0.262. The second kappa shape index (κ2) is 8.75. The molecule has 1 aliphatic heterocycles. The van der Waals surface area contributed by atoms with Crippen LogP contribution in [0.2, 0.25) is 0 Å². The average molecular weight is 381 g/mol. The predicted molar refractivity (Wildman–Crippen MR) is 113 cm³/mol. The van der Waals surface area contributed by atoms with Crippen LogP contribution in [0, 0.1) is 0 Å². The van der Waals surface area contributed by atoms with Crippen LogP contribution in [0.5, 0.6) is 0 Å². The zero-order chi connectivity index (χ0) is 20.1. The fourth-order valence-electron chi connectivity index (χ4n) is 3.04. The number of nitrogens with one attached hydrogen (secondary N) is 2. The second-order valence-corrected chi connectivity index (χ2v) is 7.16. The molecule has 0 aliphatic carbocycles. The van der Waals surface area contributed by atoms with Crippen LogP contribution in [0.1, 0.15) is 10.4 Å². The Morgan fingerprint density at radius 2 is 1.54 bits per heavy atom. The van der Waals surface area contributed by atoms with Crippen LogP contribution in [-0.4, -0.2) is 69.1 Å². The molecule has 3 rings (SSSR count). The van der Waals surface area contributed by atoms with E-state index in [0.29, 0.717) is 11.3 Å². The molecule has 7 nitrogen and oxygen atoms in total. The lowest BCUT2D eigenvalue weighted by Gasteiger charge is -2.34. The number of benzene rings is 2. The summed E-state index contributed by atoms with van der Waals surface area (Å²) >= 11 is 0. The fourth-order valence-corrected chi connectivity index (χ4v) is 3.04. The van der Waals surface area contributed by atoms with E-state index in [9.17, 15) is 9.59 Å². The van der Waals surface area contributed by atoms with Crippen molar-refractivity contribution in [2.45, 2.75) is 0 Å². The minimum Gasteiger partial charge on any atom is -0.369 e. The molecule has 2 aromatic carbocycles. The van der Waals surface area contributed by atoms with Gasteiger partial charge in [-0.05, 0) is 43.4 Å². The number of rotatable bonds is 4. The third-order valence-electron chi connectivity index (χ3n) is 4.81. The SMILES string of the molecule is CN1CCN(c2ccc(NC(=O)c3ccccc3NC(=O)N(C)C)cc2)CC1. The van der Waals surface area contributed by atoms with E-state index >= 15 is 0 Å². The van der Waals surface area contributed by atoms with Gasteiger partial charge in [0.2, 0.25) is 0 Å². The van der Waals surface area contributed by atoms with Gasteiger partial charge in [-0.2, -0.15) is 0 Å². The van der Waals surface area contributed by atoms with Crippen LogP contribution >= 0.6 is 0 Å². The molecule has 1 heterocycles. The van der Waals surface area contributed by atoms with Crippen LogP contribution in [0.3, 0.4) is 0 Å². The highest BCUT2D eigenvalue weighted by Gasteiger charge is 2.16. The molecule has 1 fully saturated rings. The molecular weight excluding hydrogens is 354 g/mol. The molecule has 1 saturated heterocycles. The molecule has 7 heteroatoms. The van der Waals surface area contributed by atoms with Crippen molar-refractivity contribution in [1.29, 1.82) is 0 Å². The van der Waals surface area contributed by atoms with Gasteiger partial charge in [0.05, 0.1) is 11.3 Å². The number of carbonyl (C=O) groups excluding carboxylic acids is 2. The smallest absolute Gasteiger partial charge is 0.321 e. The Morgan fingerprint density at radius 1 is 0.893 bits per heavy atom. The summed E-state index contributed by atoms with van der Waals surface area (Å²) < 4.78 is 0. The van der Waals surface area contributed by atoms with Crippen molar-refractivity contribution in [2.24, 2.45) is 0 Å². The molecule has 0 saturated carbocycles. The van der Waals surface area contributed by atoms with Crippen molar-refractivity contribution in [3.8, 4) is 0 Å². The maximum absolute atomic E-state index is 12.7. The lowest BCUT2D eigenvalue weighted by molar-refractivity contribution is 0.102. The molecule has 0 radical (unpaired) electrons. The van der Waals surface area contributed by atoms with Gasteiger partial charge >= 0.3 is 6.03 Å². The molecule has 28 heavy (non-hydrogen) atoms. The van der Waals surface area contributed by atoms with Gasteiger partial charge in [-0.3, -0.25) is 4.79 Å². The van der Waals surface area contributed by atoms with E-state index in [-0.39, 0.29) is 11.9 Å². The van der Waals surface area contributed by atoms with Gasteiger partial charge < -0.3 is 25.3 Å². The van der Waals surface area contributed by atoms with Crippen molar-refractivity contribution < 1.29 is 9.59 Å². The fraction of sp³-hybridized carbons (Fsp3) is 0.333. The Hall–Kier alpha value is -3.06. The number of nitrogens with zero attached hydrogens (tertiary/aromatic N) is 3. The van der Waals surface area contributed by atoms with E-state index in [0.717, 1.165) is 37.6 Å². The topological polar surface area (TPSA) is 67.9 Å². The molecular formula is C21H27N5O2. The van der Waals surface area contributed by atoms with Gasteiger partial charge in [-0.1, -0.05) is 12.1 Å². The van der Waals surface area contributed by atoms with Crippen molar-refractivity contribution >= 4 is 29.0 Å². The quantitative estimate of drug-likeness (QED) is 0.855. The Kier molecular flexibility index (Phi) is 6.16. The minimum absolute atomic E-state index is 0.262. The van der Waals surface area contributed by atoms with E-state index < -0.39 is 0 Å². The maximum atomic E-state index is 12.7. The summed E-state index contributed by atoms with van der Waals surface area (Å²) in [6.45, 7) is 4.10.